The van der Waals surface area contributed by atoms with Crippen LogP contribution in [0.2, 0.25) is 0 Å². The van der Waals surface area contributed by atoms with Gasteiger partial charge in [0.1, 0.15) is 0 Å². The summed E-state index contributed by atoms with van der Waals surface area (Å²) in [6.07, 6.45) is 0. The molecule has 1 rings (SSSR count). The van der Waals surface area contributed by atoms with Crippen LogP contribution in [0.1, 0.15) is 13.2 Å². The van der Waals surface area contributed by atoms with E-state index in [0.29, 0.717) is 11.3 Å². The summed E-state index contributed by atoms with van der Waals surface area (Å²) in [6.45, 7) is 0. The van der Waals surface area contributed by atoms with Gasteiger partial charge in [0, 0.05) is 19.0 Å². The topological polar surface area (TPSA) is 91.8 Å². The molecule has 12 heavy (non-hydrogen) atoms. The van der Waals surface area contributed by atoms with Crippen LogP contribution in [0.4, 0.5) is 5.69 Å². The Kier molecular flexibility index (Phi) is 2.30. The van der Waals surface area contributed by atoms with Crippen LogP contribution in [0.15, 0.2) is 29.4 Å². The Balaban J connectivity index is 0. The maximum Gasteiger partial charge on any atom is 0.248 e. The number of nitrogens with two attached hydrogens (primary N) is 1. The van der Waals surface area contributed by atoms with Crippen molar-refractivity contribution in [1.29, 1.82) is 0 Å². The SMILES string of the molecule is [HH].[HH].[N-]=[N+]=Nc1ccc(C(N)=O)cc1. The number of hydrogen-bond donors (Lipinski definition) is 1. The number of primary amides is 1. The number of amides is 1. The highest BCUT2D eigenvalue weighted by Crippen LogP contribution is 2.12. The van der Waals surface area contributed by atoms with E-state index in [0.717, 1.165) is 0 Å². The fourth-order valence-electron chi connectivity index (χ4n) is 0.744. The largest absolute Gasteiger partial charge is 0.366 e. The van der Waals surface area contributed by atoms with Crippen molar-refractivity contribution in [2.24, 2.45) is 10.8 Å². The summed E-state index contributed by atoms with van der Waals surface area (Å²) < 4.78 is 0. The van der Waals surface area contributed by atoms with E-state index < -0.39 is 5.91 Å². The molecular weight excluding hydrogens is 156 g/mol. The molecule has 0 fully saturated rings. The smallest absolute Gasteiger partial charge is 0.248 e. The number of rotatable bonds is 2. The number of azide groups is 1. The van der Waals surface area contributed by atoms with Gasteiger partial charge in [0.2, 0.25) is 5.91 Å². The lowest BCUT2D eigenvalue weighted by atomic mass is 10.2. The molecule has 0 saturated carbocycles. The second-order valence-corrected chi connectivity index (χ2v) is 2.10. The summed E-state index contributed by atoms with van der Waals surface area (Å²) in [4.78, 5) is 13.2. The Hall–Kier alpha value is -2.00. The molecule has 0 aliphatic heterocycles. The van der Waals surface area contributed by atoms with Crippen LogP contribution in [0.25, 0.3) is 10.4 Å². The van der Waals surface area contributed by atoms with Crippen LogP contribution in [0.5, 0.6) is 0 Å². The molecule has 1 amide bonds. The zero-order chi connectivity index (χ0) is 8.97. The molecule has 5 heteroatoms. The van der Waals surface area contributed by atoms with Crippen molar-refractivity contribution < 1.29 is 7.65 Å². The Morgan fingerprint density at radius 2 is 2.08 bits per heavy atom. The average Bonchev–Trinajstić information content (AvgIpc) is 2.06. The van der Waals surface area contributed by atoms with E-state index in [-0.39, 0.29) is 2.85 Å². The van der Waals surface area contributed by atoms with Gasteiger partial charge in [-0.1, -0.05) is 17.2 Å². The number of nitrogens with zero attached hydrogens (tertiary/aromatic N) is 3. The van der Waals surface area contributed by atoms with E-state index in [1.807, 2.05) is 0 Å². The molecule has 64 valence electrons. The number of carbonyl (C=O) groups is 1. The van der Waals surface area contributed by atoms with Crippen molar-refractivity contribution in [2.45, 2.75) is 0 Å². The van der Waals surface area contributed by atoms with Crippen LogP contribution in [-0.4, -0.2) is 5.91 Å². The Bertz CT molecular complexity index is 324. The van der Waals surface area contributed by atoms with E-state index in [1.54, 1.807) is 0 Å². The Morgan fingerprint density at radius 3 is 2.50 bits per heavy atom. The predicted octanol–water partition coefficient (Wildman–Crippen LogP) is 2.22. The summed E-state index contributed by atoms with van der Waals surface area (Å²) in [7, 11) is 0. The maximum absolute atomic E-state index is 10.6. The minimum Gasteiger partial charge on any atom is -0.366 e. The van der Waals surface area contributed by atoms with Gasteiger partial charge in [-0.2, -0.15) is 0 Å². The summed E-state index contributed by atoms with van der Waals surface area (Å²) in [6, 6.07) is 6.07. The van der Waals surface area contributed by atoms with Crippen LogP contribution < -0.4 is 5.73 Å². The fraction of sp³-hybridized carbons (Fsp3) is 0. The molecule has 0 aliphatic rings. The highest BCUT2D eigenvalue weighted by Gasteiger charge is 1.97. The van der Waals surface area contributed by atoms with E-state index in [4.69, 9.17) is 11.3 Å². The van der Waals surface area contributed by atoms with Gasteiger partial charge in [-0.25, -0.2) is 0 Å². The third-order valence-corrected chi connectivity index (χ3v) is 1.31. The van der Waals surface area contributed by atoms with E-state index in [9.17, 15) is 4.79 Å². The molecule has 0 unspecified atom stereocenters. The first-order valence-corrected chi connectivity index (χ1v) is 3.19. The molecule has 1 aromatic rings. The second-order valence-electron chi connectivity index (χ2n) is 2.10. The summed E-state index contributed by atoms with van der Waals surface area (Å²) in [5, 5.41) is 3.34. The maximum atomic E-state index is 10.6. The molecule has 5 nitrogen and oxygen atoms in total. The number of benzene rings is 1. The third-order valence-electron chi connectivity index (χ3n) is 1.31. The number of carbonyl (C=O) groups excluding carboxylic acids is 1. The van der Waals surface area contributed by atoms with Crippen molar-refractivity contribution in [1.82, 2.24) is 0 Å². The molecule has 0 aromatic heterocycles. The van der Waals surface area contributed by atoms with Gasteiger partial charge in [0.15, 0.2) is 0 Å². The predicted molar refractivity (Wildman–Crippen MR) is 48.0 cm³/mol. The van der Waals surface area contributed by atoms with Crippen molar-refractivity contribution >= 4 is 11.6 Å². The summed E-state index contributed by atoms with van der Waals surface area (Å²) in [5.74, 6) is -0.498. The van der Waals surface area contributed by atoms with E-state index >= 15 is 0 Å². The average molecular weight is 166 g/mol. The van der Waals surface area contributed by atoms with Gasteiger partial charge in [-0.3, -0.25) is 4.79 Å². The lowest BCUT2D eigenvalue weighted by Crippen LogP contribution is -2.10. The minimum absolute atomic E-state index is 0. The molecule has 1 aromatic carbocycles. The molecular formula is C7H10N4O. The zero-order valence-corrected chi connectivity index (χ0v) is 6.14. The van der Waals surface area contributed by atoms with Crippen LogP contribution in [0, 0.1) is 0 Å². The summed E-state index contributed by atoms with van der Waals surface area (Å²) in [5.41, 5.74) is 13.9. The standard InChI is InChI=1S/C7H6N4O.2H2/c8-7(12)5-1-3-6(4-2-5)10-11-9;;/h1-4H,(H2,8,12);2*1H. The van der Waals surface area contributed by atoms with Gasteiger partial charge in [-0.15, -0.1) is 0 Å². The fourth-order valence-corrected chi connectivity index (χ4v) is 0.744. The van der Waals surface area contributed by atoms with Crippen LogP contribution in [0.3, 0.4) is 0 Å². The van der Waals surface area contributed by atoms with Gasteiger partial charge < -0.3 is 5.73 Å². The first kappa shape index (κ1) is 8.10. The van der Waals surface area contributed by atoms with Crippen LogP contribution in [-0.2, 0) is 0 Å². The second kappa shape index (κ2) is 3.41. The normalized spacial score (nSPS) is 8.67. The van der Waals surface area contributed by atoms with Gasteiger partial charge in [0.25, 0.3) is 0 Å². The molecule has 0 spiro atoms. The van der Waals surface area contributed by atoms with Crippen molar-refractivity contribution in [3.05, 3.63) is 40.3 Å². The lowest BCUT2D eigenvalue weighted by Gasteiger charge is -1.93. The van der Waals surface area contributed by atoms with Gasteiger partial charge >= 0.3 is 0 Å². The quantitative estimate of drug-likeness (QED) is 0.407. The third kappa shape index (κ3) is 1.74. The minimum atomic E-state index is -0.498. The van der Waals surface area contributed by atoms with E-state index in [1.165, 1.54) is 24.3 Å². The van der Waals surface area contributed by atoms with Crippen molar-refractivity contribution in [2.75, 3.05) is 0 Å². The van der Waals surface area contributed by atoms with Crippen molar-refractivity contribution in [3.63, 3.8) is 0 Å². The number of hydrogen-bond acceptors (Lipinski definition) is 2. The zero-order valence-electron chi connectivity index (χ0n) is 6.14. The highest BCUT2D eigenvalue weighted by atomic mass is 16.1. The highest BCUT2D eigenvalue weighted by molar-refractivity contribution is 5.92. The van der Waals surface area contributed by atoms with Crippen LogP contribution >= 0.6 is 0 Å². The van der Waals surface area contributed by atoms with E-state index in [2.05, 4.69) is 10.0 Å². The summed E-state index contributed by atoms with van der Waals surface area (Å²) >= 11 is 0. The lowest BCUT2D eigenvalue weighted by molar-refractivity contribution is 0.100. The van der Waals surface area contributed by atoms with Gasteiger partial charge in [0.05, 0.1) is 0 Å². The van der Waals surface area contributed by atoms with Gasteiger partial charge in [-0.05, 0) is 17.7 Å². The molecule has 0 bridgehead atoms. The molecule has 0 aliphatic carbocycles. The molecule has 2 N–H and O–H groups in total. The Morgan fingerprint density at radius 1 is 1.50 bits per heavy atom. The molecule has 0 radical (unpaired) electrons. The first-order chi connectivity index (χ1) is 5.74. The first-order valence-electron chi connectivity index (χ1n) is 3.19. The monoisotopic (exact) mass is 166 g/mol. The molecule has 0 atom stereocenters. The Labute approximate surface area is 71.4 Å². The molecule has 0 heterocycles. The molecule has 0 saturated heterocycles. The van der Waals surface area contributed by atoms with Crippen molar-refractivity contribution in [3.8, 4) is 0 Å².